The van der Waals surface area contributed by atoms with Crippen molar-refractivity contribution in [1.82, 2.24) is 26.0 Å². The summed E-state index contributed by atoms with van der Waals surface area (Å²) in [4.78, 5) is 25.9. The molecule has 7 heteroatoms. The molecule has 7 nitrogen and oxygen atoms in total. The number of carbonyl (C=O) groups is 2. The highest BCUT2D eigenvalue weighted by atomic mass is 16.2. The van der Waals surface area contributed by atoms with Crippen LogP contribution in [0.15, 0.2) is 6.20 Å². The first-order valence-electron chi connectivity index (χ1n) is 9.88. The van der Waals surface area contributed by atoms with E-state index in [-0.39, 0.29) is 23.1 Å². The Kier molecular flexibility index (Phi) is 4.49. The molecule has 0 spiro atoms. The molecule has 142 valence electrons. The van der Waals surface area contributed by atoms with Gasteiger partial charge in [-0.15, -0.1) is 0 Å². The van der Waals surface area contributed by atoms with Gasteiger partial charge in [-0.2, -0.15) is 15.4 Å². The number of carbonyl (C=O) groups excluding carboxylic acids is 2. The third kappa shape index (κ3) is 3.23. The van der Waals surface area contributed by atoms with E-state index < -0.39 is 6.04 Å². The van der Waals surface area contributed by atoms with Crippen LogP contribution in [0.3, 0.4) is 0 Å². The maximum absolute atomic E-state index is 13.2. The smallest absolute Gasteiger partial charge is 0.243 e. The summed E-state index contributed by atoms with van der Waals surface area (Å²) in [6.07, 6.45) is 8.52. The minimum Gasteiger partial charge on any atom is -0.349 e. The van der Waals surface area contributed by atoms with E-state index in [1.165, 1.54) is 19.3 Å². The van der Waals surface area contributed by atoms with Crippen molar-refractivity contribution in [2.45, 2.75) is 65.0 Å². The Morgan fingerprint density at radius 1 is 1.19 bits per heavy atom. The highest BCUT2D eigenvalue weighted by Crippen LogP contribution is 2.60. The van der Waals surface area contributed by atoms with Crippen LogP contribution in [0, 0.1) is 29.1 Å². The normalized spacial score (nSPS) is 33.3. The molecule has 2 amide bonds. The van der Waals surface area contributed by atoms with Crippen LogP contribution >= 0.6 is 0 Å². The molecule has 4 fully saturated rings. The number of rotatable bonds is 6. The lowest BCUT2D eigenvalue weighted by Crippen LogP contribution is -2.58. The molecular formula is C19H29N5O2. The second-order valence-corrected chi connectivity index (χ2v) is 9.07. The third-order valence-electron chi connectivity index (χ3n) is 6.66. The highest BCUT2D eigenvalue weighted by Gasteiger charge is 2.55. The van der Waals surface area contributed by atoms with Gasteiger partial charge in [-0.05, 0) is 62.2 Å². The van der Waals surface area contributed by atoms with E-state index >= 15 is 0 Å². The second kappa shape index (κ2) is 6.67. The number of H-pyrrole nitrogens is 1. The van der Waals surface area contributed by atoms with Gasteiger partial charge in [0.2, 0.25) is 11.8 Å². The van der Waals surface area contributed by atoms with Gasteiger partial charge in [-0.25, -0.2) is 0 Å². The molecule has 4 aliphatic rings. The monoisotopic (exact) mass is 359 g/mol. The van der Waals surface area contributed by atoms with Gasteiger partial charge in [0.15, 0.2) is 0 Å². The Morgan fingerprint density at radius 3 is 2.31 bits per heavy atom. The zero-order valence-electron chi connectivity index (χ0n) is 15.6. The largest absolute Gasteiger partial charge is 0.349 e. The number of nitrogens with zero attached hydrogens (tertiary/aromatic N) is 2. The molecule has 3 N–H and O–H groups in total. The van der Waals surface area contributed by atoms with Gasteiger partial charge in [0.25, 0.3) is 0 Å². The van der Waals surface area contributed by atoms with Gasteiger partial charge in [-0.3, -0.25) is 9.59 Å². The van der Waals surface area contributed by atoms with Gasteiger partial charge in [0.1, 0.15) is 11.7 Å². The summed E-state index contributed by atoms with van der Waals surface area (Å²) in [6, 6.07) is -0.512. The van der Waals surface area contributed by atoms with E-state index in [0.717, 1.165) is 19.3 Å². The van der Waals surface area contributed by atoms with Gasteiger partial charge in [0, 0.05) is 5.41 Å². The van der Waals surface area contributed by atoms with Gasteiger partial charge >= 0.3 is 0 Å². The second-order valence-electron chi connectivity index (χ2n) is 9.07. The Balaban J connectivity index is 1.41. The molecule has 4 saturated carbocycles. The molecule has 0 radical (unpaired) electrons. The summed E-state index contributed by atoms with van der Waals surface area (Å²) in [5.41, 5.74) is 0.446. The molecular weight excluding hydrogens is 330 g/mol. The Labute approximate surface area is 154 Å². The predicted molar refractivity (Wildman–Crippen MR) is 95.6 cm³/mol. The van der Waals surface area contributed by atoms with Crippen molar-refractivity contribution in [3.8, 4) is 0 Å². The maximum atomic E-state index is 13.2. The lowest BCUT2D eigenvalue weighted by Gasteiger charge is -2.55. The summed E-state index contributed by atoms with van der Waals surface area (Å²) in [5, 5.41) is 16.2. The van der Waals surface area contributed by atoms with Crippen LogP contribution in [-0.4, -0.2) is 33.3 Å². The number of aromatic amines is 1. The molecule has 5 rings (SSSR count). The highest BCUT2D eigenvalue weighted by molar-refractivity contribution is 5.90. The first kappa shape index (κ1) is 17.5. The molecule has 4 aliphatic carbocycles. The summed E-state index contributed by atoms with van der Waals surface area (Å²) in [7, 11) is 0. The molecule has 0 unspecified atom stereocenters. The van der Waals surface area contributed by atoms with E-state index in [1.54, 1.807) is 6.20 Å². The fourth-order valence-corrected chi connectivity index (χ4v) is 5.82. The first-order valence-corrected chi connectivity index (χ1v) is 9.88. The summed E-state index contributed by atoms with van der Waals surface area (Å²) in [5.74, 6) is 2.12. The van der Waals surface area contributed by atoms with E-state index in [9.17, 15) is 9.59 Å². The van der Waals surface area contributed by atoms with Gasteiger partial charge in [-0.1, -0.05) is 13.8 Å². The number of nitrogens with one attached hydrogen (secondary N) is 3. The van der Waals surface area contributed by atoms with Crippen molar-refractivity contribution in [2.75, 3.05) is 0 Å². The summed E-state index contributed by atoms with van der Waals surface area (Å²) < 4.78 is 0. The maximum Gasteiger partial charge on any atom is 0.243 e. The topological polar surface area (TPSA) is 99.8 Å². The SMILES string of the molecule is CC(C)[C@@H](NC(=O)C12CC3CC(CC(C3)C1)C2)C(=O)NCc1cn[nH]n1. The molecule has 1 aromatic rings. The molecule has 0 aliphatic heterocycles. The van der Waals surface area contributed by atoms with E-state index in [0.29, 0.717) is 30.0 Å². The van der Waals surface area contributed by atoms with Crippen LogP contribution in [0.4, 0.5) is 0 Å². The quantitative estimate of drug-likeness (QED) is 0.721. The third-order valence-corrected chi connectivity index (χ3v) is 6.66. The average molecular weight is 359 g/mol. The van der Waals surface area contributed by atoms with Crippen LogP contribution in [0.2, 0.25) is 0 Å². The van der Waals surface area contributed by atoms with Gasteiger partial charge in [0.05, 0.1) is 12.7 Å². The minimum absolute atomic E-state index is 0.0326. The first-order chi connectivity index (χ1) is 12.4. The molecule has 1 atom stereocenters. The molecule has 1 heterocycles. The van der Waals surface area contributed by atoms with E-state index in [4.69, 9.17) is 0 Å². The van der Waals surface area contributed by atoms with Crippen molar-refractivity contribution < 1.29 is 9.59 Å². The van der Waals surface area contributed by atoms with Crippen molar-refractivity contribution in [2.24, 2.45) is 29.1 Å². The summed E-state index contributed by atoms with van der Waals surface area (Å²) >= 11 is 0. The van der Waals surface area contributed by atoms with Crippen LogP contribution in [0.25, 0.3) is 0 Å². The zero-order valence-corrected chi connectivity index (χ0v) is 15.6. The molecule has 4 bridgehead atoms. The van der Waals surface area contributed by atoms with Crippen molar-refractivity contribution in [3.05, 3.63) is 11.9 Å². The minimum atomic E-state index is -0.512. The Morgan fingerprint density at radius 2 is 1.81 bits per heavy atom. The molecule has 1 aromatic heterocycles. The predicted octanol–water partition coefficient (Wildman–Crippen LogP) is 1.78. The molecule has 0 saturated heterocycles. The van der Waals surface area contributed by atoms with Crippen LogP contribution < -0.4 is 10.6 Å². The number of aromatic nitrogens is 3. The van der Waals surface area contributed by atoms with Crippen molar-refractivity contribution >= 4 is 11.8 Å². The number of hydrogen-bond acceptors (Lipinski definition) is 4. The standard InChI is InChI=1S/C19H29N5O2/c1-11(2)16(17(25)20-9-15-10-21-24-23-15)22-18(26)19-6-12-3-13(7-19)5-14(4-12)8-19/h10-14,16H,3-9H2,1-2H3,(H,20,25)(H,22,26)(H,21,23,24)/t12?,13?,14?,16-,19?/m1/s1. The van der Waals surface area contributed by atoms with E-state index in [2.05, 4.69) is 26.0 Å². The molecule has 26 heavy (non-hydrogen) atoms. The fourth-order valence-electron chi connectivity index (χ4n) is 5.82. The van der Waals surface area contributed by atoms with Crippen molar-refractivity contribution in [1.29, 1.82) is 0 Å². The lowest BCUT2D eigenvalue weighted by molar-refractivity contribution is -0.149. The van der Waals surface area contributed by atoms with E-state index in [1.807, 2.05) is 13.8 Å². The van der Waals surface area contributed by atoms with Crippen LogP contribution in [0.5, 0.6) is 0 Å². The zero-order chi connectivity index (χ0) is 18.3. The lowest BCUT2D eigenvalue weighted by atomic mass is 9.49. The Bertz CT molecular complexity index is 634. The Hall–Kier alpha value is -1.92. The van der Waals surface area contributed by atoms with Crippen molar-refractivity contribution in [3.63, 3.8) is 0 Å². The number of amides is 2. The molecule has 0 aromatic carbocycles. The average Bonchev–Trinajstić information content (AvgIpc) is 3.09. The summed E-state index contributed by atoms with van der Waals surface area (Å²) in [6.45, 7) is 4.26. The fraction of sp³-hybridized carbons (Fsp3) is 0.789. The number of hydrogen-bond donors (Lipinski definition) is 3. The van der Waals surface area contributed by atoms with Crippen LogP contribution in [0.1, 0.15) is 58.1 Å². The van der Waals surface area contributed by atoms with Gasteiger partial charge < -0.3 is 10.6 Å². The van der Waals surface area contributed by atoms with Crippen LogP contribution in [-0.2, 0) is 16.1 Å².